The predicted molar refractivity (Wildman–Crippen MR) is 157 cm³/mol. The Bertz CT molecular complexity index is 1260. The van der Waals surface area contributed by atoms with Crippen LogP contribution in [0.2, 0.25) is 5.02 Å². The maximum absolute atomic E-state index is 14.5. The van der Waals surface area contributed by atoms with Crippen molar-refractivity contribution in [1.82, 2.24) is 0 Å². The number of hydrogen-bond donors (Lipinski definition) is 0. The molecule has 7 heteroatoms. The highest BCUT2D eigenvalue weighted by atomic mass is 35.5. The van der Waals surface area contributed by atoms with Crippen LogP contribution in [-0.2, 0) is 4.74 Å². The summed E-state index contributed by atoms with van der Waals surface area (Å²) in [6.45, 7) is 6.98. The van der Waals surface area contributed by atoms with Crippen LogP contribution in [0.5, 0.6) is 11.5 Å². The van der Waals surface area contributed by atoms with Crippen molar-refractivity contribution in [3.05, 3.63) is 82.6 Å². The minimum absolute atomic E-state index is 0.00613. The van der Waals surface area contributed by atoms with Gasteiger partial charge >= 0.3 is 11.9 Å². The highest BCUT2D eigenvalue weighted by Gasteiger charge is 2.17. The van der Waals surface area contributed by atoms with Crippen LogP contribution >= 0.6 is 11.6 Å². The number of esters is 2. The molecule has 0 bridgehead atoms. The Morgan fingerprint density at radius 1 is 0.850 bits per heavy atom. The first kappa shape index (κ1) is 31.2. The summed E-state index contributed by atoms with van der Waals surface area (Å²) in [6, 6.07) is 16.1. The van der Waals surface area contributed by atoms with Gasteiger partial charge in [-0.15, -0.1) is 0 Å². The average molecular weight is 569 g/mol. The molecule has 0 heterocycles. The van der Waals surface area contributed by atoms with Crippen LogP contribution in [0.1, 0.15) is 86.4 Å². The Kier molecular flexibility index (Phi) is 12.5. The van der Waals surface area contributed by atoms with Crippen molar-refractivity contribution in [2.24, 2.45) is 5.92 Å². The fourth-order valence-corrected chi connectivity index (χ4v) is 4.20. The summed E-state index contributed by atoms with van der Waals surface area (Å²) in [5, 5.41) is 0.529. The summed E-state index contributed by atoms with van der Waals surface area (Å²) >= 11 is 6.46. The number of unbranched alkanes of at least 4 members (excludes halogenated alkanes) is 5. The largest absolute Gasteiger partial charge is 0.492 e. The lowest BCUT2D eigenvalue weighted by Crippen LogP contribution is -2.13. The minimum atomic E-state index is -0.814. The van der Waals surface area contributed by atoms with Crippen LogP contribution < -0.4 is 9.47 Å². The molecule has 0 N–H and O–H groups in total. The van der Waals surface area contributed by atoms with Gasteiger partial charge in [-0.05, 0) is 59.9 Å². The van der Waals surface area contributed by atoms with Gasteiger partial charge in [-0.25, -0.2) is 14.0 Å². The van der Waals surface area contributed by atoms with E-state index in [1.807, 2.05) is 32.0 Å². The van der Waals surface area contributed by atoms with Gasteiger partial charge < -0.3 is 14.2 Å². The van der Waals surface area contributed by atoms with Crippen molar-refractivity contribution >= 4 is 23.5 Å². The van der Waals surface area contributed by atoms with Crippen LogP contribution in [0, 0.1) is 11.7 Å². The van der Waals surface area contributed by atoms with Gasteiger partial charge in [0.1, 0.15) is 17.3 Å². The summed E-state index contributed by atoms with van der Waals surface area (Å²) in [4.78, 5) is 24.8. The van der Waals surface area contributed by atoms with Crippen molar-refractivity contribution in [3.63, 3.8) is 0 Å². The summed E-state index contributed by atoms with van der Waals surface area (Å²) in [7, 11) is 0. The van der Waals surface area contributed by atoms with Gasteiger partial charge in [0.2, 0.25) is 0 Å². The zero-order valence-corrected chi connectivity index (χ0v) is 24.3. The van der Waals surface area contributed by atoms with E-state index >= 15 is 0 Å². The zero-order chi connectivity index (χ0) is 28.9. The van der Waals surface area contributed by atoms with Crippen LogP contribution in [-0.4, -0.2) is 25.2 Å². The number of ether oxygens (including phenoxy) is 3. The molecule has 0 aliphatic rings. The third kappa shape index (κ3) is 9.37. The van der Waals surface area contributed by atoms with Gasteiger partial charge in [0.05, 0.1) is 29.4 Å². The average Bonchev–Trinajstić information content (AvgIpc) is 2.96. The van der Waals surface area contributed by atoms with E-state index in [0.717, 1.165) is 36.5 Å². The van der Waals surface area contributed by atoms with E-state index in [1.165, 1.54) is 37.8 Å². The van der Waals surface area contributed by atoms with Gasteiger partial charge in [-0.3, -0.25) is 0 Å². The Morgan fingerprint density at radius 2 is 1.55 bits per heavy atom. The molecule has 0 fully saturated rings. The topological polar surface area (TPSA) is 61.8 Å². The molecule has 0 saturated heterocycles. The molecule has 0 radical (unpaired) electrons. The molecule has 3 aromatic rings. The van der Waals surface area contributed by atoms with Gasteiger partial charge in [0.15, 0.2) is 0 Å². The zero-order valence-electron chi connectivity index (χ0n) is 23.5. The third-order valence-corrected chi connectivity index (χ3v) is 7.00. The maximum atomic E-state index is 14.5. The number of halogens is 2. The molecule has 0 aliphatic carbocycles. The molecule has 3 aromatic carbocycles. The second-order valence-corrected chi connectivity index (χ2v) is 10.4. The van der Waals surface area contributed by atoms with Gasteiger partial charge in [0.25, 0.3) is 0 Å². The van der Waals surface area contributed by atoms with Crippen LogP contribution in [0.25, 0.3) is 11.1 Å². The van der Waals surface area contributed by atoms with Crippen molar-refractivity contribution in [3.8, 4) is 22.6 Å². The third-order valence-electron chi connectivity index (χ3n) is 6.71. The Hall–Kier alpha value is -3.38. The van der Waals surface area contributed by atoms with Crippen molar-refractivity contribution < 1.29 is 28.2 Å². The van der Waals surface area contributed by atoms with Gasteiger partial charge in [-0.1, -0.05) is 89.1 Å². The smallest absolute Gasteiger partial charge is 0.343 e. The summed E-state index contributed by atoms with van der Waals surface area (Å²) in [6.07, 6.45) is 8.01. The molecule has 0 spiro atoms. The first-order valence-corrected chi connectivity index (χ1v) is 14.4. The molecule has 0 aromatic heterocycles. The Labute approximate surface area is 241 Å². The molecule has 3 rings (SSSR count). The Morgan fingerprint density at radius 3 is 2.23 bits per heavy atom. The van der Waals surface area contributed by atoms with E-state index in [9.17, 15) is 14.0 Å². The van der Waals surface area contributed by atoms with E-state index in [-0.39, 0.29) is 23.8 Å². The molecule has 5 nitrogen and oxygen atoms in total. The normalized spacial score (nSPS) is 11.6. The summed E-state index contributed by atoms with van der Waals surface area (Å²) in [5.74, 6) is -1.37. The fourth-order valence-electron chi connectivity index (χ4n) is 3.97. The van der Waals surface area contributed by atoms with E-state index < -0.39 is 17.8 Å². The minimum Gasteiger partial charge on any atom is -0.492 e. The van der Waals surface area contributed by atoms with E-state index in [1.54, 1.807) is 24.3 Å². The van der Waals surface area contributed by atoms with Gasteiger partial charge in [0, 0.05) is 6.07 Å². The van der Waals surface area contributed by atoms with Crippen molar-refractivity contribution in [2.75, 3.05) is 13.2 Å². The SMILES string of the molecule is CCCCCCCCOc1ccc(-c2ccc(C(=O)Oc3ccc(C(=O)OC[C@@H](C)CC)c(F)c3)cc2)cc1Cl. The summed E-state index contributed by atoms with van der Waals surface area (Å²) in [5.41, 5.74) is 1.85. The van der Waals surface area contributed by atoms with E-state index in [2.05, 4.69) is 6.92 Å². The second kappa shape index (κ2) is 16.0. The van der Waals surface area contributed by atoms with Crippen LogP contribution in [0.3, 0.4) is 0 Å². The van der Waals surface area contributed by atoms with E-state index in [4.69, 9.17) is 25.8 Å². The molecule has 1 atom stereocenters. The monoisotopic (exact) mass is 568 g/mol. The van der Waals surface area contributed by atoms with Crippen LogP contribution in [0.4, 0.5) is 4.39 Å². The lowest BCUT2D eigenvalue weighted by molar-refractivity contribution is 0.0441. The standard InChI is InChI=1S/C33H38ClFO5/c1-4-6-7-8-9-10-19-38-31-18-15-26(20-29(31)34)24-11-13-25(14-12-24)32(36)40-27-16-17-28(30(35)21-27)33(37)39-22-23(3)5-2/h11-18,20-21,23H,4-10,19,22H2,1-3H3/t23-/m0/s1. The molecule has 40 heavy (non-hydrogen) atoms. The van der Waals surface area contributed by atoms with Gasteiger partial charge in [-0.2, -0.15) is 0 Å². The number of carbonyl (C=O) groups is 2. The summed E-state index contributed by atoms with van der Waals surface area (Å²) < 4.78 is 30.8. The van der Waals surface area contributed by atoms with Crippen molar-refractivity contribution in [1.29, 1.82) is 0 Å². The van der Waals surface area contributed by atoms with Crippen molar-refractivity contribution in [2.45, 2.75) is 65.7 Å². The first-order valence-electron chi connectivity index (χ1n) is 14.0. The molecule has 214 valence electrons. The number of hydrogen-bond acceptors (Lipinski definition) is 5. The molecular weight excluding hydrogens is 531 g/mol. The number of carbonyl (C=O) groups excluding carboxylic acids is 2. The second-order valence-electron chi connectivity index (χ2n) is 9.98. The quantitative estimate of drug-likeness (QED) is 0.104. The van der Waals surface area contributed by atoms with Crippen LogP contribution in [0.15, 0.2) is 60.7 Å². The molecule has 0 saturated carbocycles. The lowest BCUT2D eigenvalue weighted by atomic mass is 10.0. The number of rotatable bonds is 15. The lowest BCUT2D eigenvalue weighted by Gasteiger charge is -2.11. The number of benzene rings is 3. The predicted octanol–water partition coefficient (Wildman–Crippen LogP) is 9.31. The first-order chi connectivity index (χ1) is 19.3. The highest BCUT2D eigenvalue weighted by Crippen LogP contribution is 2.31. The highest BCUT2D eigenvalue weighted by molar-refractivity contribution is 6.32. The fraction of sp³-hybridized carbons (Fsp3) is 0.394. The molecule has 0 amide bonds. The Balaban J connectivity index is 1.55. The molecular formula is C33H38ClFO5. The van der Waals surface area contributed by atoms with E-state index in [0.29, 0.717) is 22.9 Å². The molecule has 0 unspecified atom stereocenters. The molecule has 0 aliphatic heterocycles. The maximum Gasteiger partial charge on any atom is 0.343 e.